The van der Waals surface area contributed by atoms with Gasteiger partial charge in [-0.2, -0.15) is 0 Å². The number of anilines is 3. The van der Waals surface area contributed by atoms with Crippen molar-refractivity contribution in [2.24, 2.45) is 5.92 Å². The van der Waals surface area contributed by atoms with E-state index in [1.165, 1.54) is 37.6 Å². The number of rotatable bonds is 2. The Morgan fingerprint density at radius 3 is 2.88 bits per heavy atom. The zero-order valence-corrected chi connectivity index (χ0v) is 24.6. The molecule has 0 spiro atoms. The van der Waals surface area contributed by atoms with Gasteiger partial charge in [-0.05, 0) is 87.6 Å². The summed E-state index contributed by atoms with van der Waals surface area (Å²) in [6.45, 7) is 8.47. The van der Waals surface area contributed by atoms with Gasteiger partial charge in [0.15, 0.2) is 6.35 Å². The van der Waals surface area contributed by atoms with Crippen molar-refractivity contribution < 1.29 is 9.84 Å². The minimum Gasteiger partial charge on any atom is -0.370 e. The van der Waals surface area contributed by atoms with E-state index in [0.717, 1.165) is 79.9 Å². The molecule has 3 N–H and O–H groups in total. The lowest BCUT2D eigenvalue weighted by molar-refractivity contribution is 0.00459. The average molecular weight is 566 g/mol. The predicted octanol–water partition coefficient (Wildman–Crippen LogP) is 4.71. The van der Waals surface area contributed by atoms with Gasteiger partial charge >= 0.3 is 0 Å². The van der Waals surface area contributed by atoms with E-state index in [1.54, 1.807) is 0 Å². The molecule has 0 radical (unpaired) electrons. The van der Waals surface area contributed by atoms with E-state index in [-0.39, 0.29) is 17.9 Å². The number of fused-ring (bicyclic) bond motifs is 9. The number of nitrogens with zero attached hydrogens (tertiary/aromatic N) is 5. The predicted molar refractivity (Wildman–Crippen MR) is 159 cm³/mol. The van der Waals surface area contributed by atoms with Gasteiger partial charge in [0, 0.05) is 43.3 Å². The first-order chi connectivity index (χ1) is 19.5. The summed E-state index contributed by atoms with van der Waals surface area (Å²) in [6, 6.07) is 10.8. The Bertz CT molecular complexity index is 1220. The maximum absolute atomic E-state index is 11.3. The van der Waals surface area contributed by atoms with E-state index in [0.29, 0.717) is 12.0 Å². The van der Waals surface area contributed by atoms with Crippen LogP contribution >= 0.6 is 11.9 Å². The summed E-state index contributed by atoms with van der Waals surface area (Å²) in [7, 11) is 0. The number of aliphatic hydroxyl groups excluding tert-OH is 1. The SMILES string of the molecule is CCC1(C)C[C@@H]2CCCCNc3cccc(n3)SNC3OC3c3ccc(N4CC5CCCCN5C4O)nc3N1C2. The maximum Gasteiger partial charge on any atom is 0.188 e. The van der Waals surface area contributed by atoms with Crippen molar-refractivity contribution >= 4 is 29.4 Å². The van der Waals surface area contributed by atoms with E-state index in [4.69, 9.17) is 14.7 Å². The Hall–Kier alpha value is -2.11. The summed E-state index contributed by atoms with van der Waals surface area (Å²) in [4.78, 5) is 17.1. The Morgan fingerprint density at radius 1 is 1.10 bits per heavy atom. The molecule has 0 amide bonds. The first-order valence-corrected chi connectivity index (χ1v) is 16.1. The van der Waals surface area contributed by atoms with Gasteiger partial charge in [0.05, 0.1) is 0 Å². The molecular formula is C30H43N7O2S. The van der Waals surface area contributed by atoms with Gasteiger partial charge in [-0.1, -0.05) is 25.8 Å². The van der Waals surface area contributed by atoms with E-state index >= 15 is 0 Å². The van der Waals surface area contributed by atoms with Crippen LogP contribution in [0, 0.1) is 5.92 Å². The van der Waals surface area contributed by atoms with E-state index in [1.807, 2.05) is 12.1 Å². The monoisotopic (exact) mass is 565 g/mol. The molecule has 0 saturated carbocycles. The Morgan fingerprint density at radius 2 is 2.00 bits per heavy atom. The Balaban J connectivity index is 1.22. The number of nitrogens with one attached hydrogen (secondary N) is 2. The second-order valence-electron chi connectivity index (χ2n) is 12.5. The first kappa shape index (κ1) is 26.8. The normalized spacial score (nSPS) is 34.4. The highest BCUT2D eigenvalue weighted by molar-refractivity contribution is 7.97. The van der Waals surface area contributed by atoms with Crippen LogP contribution in [0.4, 0.5) is 17.5 Å². The molecule has 9 nitrogen and oxygen atoms in total. The molecular weight excluding hydrogens is 522 g/mol. The number of hydrogen-bond acceptors (Lipinski definition) is 10. The zero-order chi connectivity index (χ0) is 27.3. The van der Waals surface area contributed by atoms with Crippen LogP contribution in [0.1, 0.15) is 76.9 Å². The van der Waals surface area contributed by atoms with Gasteiger partial charge in [-0.15, -0.1) is 0 Å². The molecule has 5 unspecified atom stereocenters. The average Bonchev–Trinajstić information content (AvgIpc) is 3.56. The molecule has 216 valence electrons. The zero-order valence-electron chi connectivity index (χ0n) is 23.8. The fraction of sp³-hybridized carbons (Fsp3) is 0.667. The lowest BCUT2D eigenvalue weighted by Crippen LogP contribution is -2.43. The molecule has 4 bridgehead atoms. The summed E-state index contributed by atoms with van der Waals surface area (Å²) in [5.74, 6) is 3.47. The van der Waals surface area contributed by atoms with Gasteiger partial charge in [-0.3, -0.25) is 4.90 Å². The molecule has 4 fully saturated rings. The van der Waals surface area contributed by atoms with Gasteiger partial charge < -0.3 is 25.0 Å². The fourth-order valence-electron chi connectivity index (χ4n) is 7.33. The molecule has 0 aliphatic carbocycles. The molecule has 6 atom stereocenters. The van der Waals surface area contributed by atoms with Crippen LogP contribution in [-0.4, -0.2) is 70.3 Å². The molecule has 2 aromatic heterocycles. The van der Waals surface area contributed by atoms with Gasteiger partial charge in [0.25, 0.3) is 0 Å². The molecule has 4 saturated heterocycles. The summed E-state index contributed by atoms with van der Waals surface area (Å²) < 4.78 is 9.71. The lowest BCUT2D eigenvalue weighted by Gasteiger charge is -2.37. The van der Waals surface area contributed by atoms with Crippen molar-refractivity contribution in [3.8, 4) is 0 Å². The second kappa shape index (κ2) is 10.9. The van der Waals surface area contributed by atoms with Crippen LogP contribution in [0.25, 0.3) is 0 Å². The fourth-order valence-corrected chi connectivity index (χ4v) is 8.04. The van der Waals surface area contributed by atoms with E-state index in [2.05, 4.69) is 56.8 Å². The molecule has 40 heavy (non-hydrogen) atoms. The number of epoxide rings is 1. The number of aliphatic hydroxyl groups is 1. The summed E-state index contributed by atoms with van der Waals surface area (Å²) >= 11 is 1.52. The molecule has 7 rings (SSSR count). The molecule has 0 aromatic carbocycles. The Kier molecular flexibility index (Phi) is 7.32. The maximum atomic E-state index is 11.3. The largest absolute Gasteiger partial charge is 0.370 e. The molecule has 5 aliphatic rings. The third-order valence-electron chi connectivity index (χ3n) is 9.83. The van der Waals surface area contributed by atoms with Gasteiger partial charge in [0.1, 0.15) is 34.8 Å². The van der Waals surface area contributed by atoms with E-state index < -0.39 is 6.35 Å². The van der Waals surface area contributed by atoms with Crippen LogP contribution in [0.5, 0.6) is 0 Å². The summed E-state index contributed by atoms with van der Waals surface area (Å²) in [5.41, 5.74) is 1.19. The highest BCUT2D eigenvalue weighted by Gasteiger charge is 2.48. The third kappa shape index (κ3) is 5.06. The number of hydrogen-bond donors (Lipinski definition) is 3. The van der Waals surface area contributed by atoms with Crippen molar-refractivity contribution in [1.29, 1.82) is 0 Å². The van der Waals surface area contributed by atoms with Crippen molar-refractivity contribution in [2.45, 2.75) is 101 Å². The van der Waals surface area contributed by atoms with Crippen LogP contribution in [-0.2, 0) is 4.74 Å². The smallest absolute Gasteiger partial charge is 0.188 e. The highest BCUT2D eigenvalue weighted by Crippen LogP contribution is 2.48. The minimum absolute atomic E-state index is 0.0454. The van der Waals surface area contributed by atoms with Crippen molar-refractivity contribution in [3.05, 3.63) is 35.9 Å². The first-order valence-electron chi connectivity index (χ1n) is 15.3. The van der Waals surface area contributed by atoms with Crippen molar-refractivity contribution in [2.75, 3.05) is 41.3 Å². The third-order valence-corrected chi connectivity index (χ3v) is 10.6. The van der Waals surface area contributed by atoms with E-state index in [9.17, 15) is 5.11 Å². The number of pyridine rings is 2. The number of piperidine rings is 1. The molecule has 5 aliphatic heterocycles. The quantitative estimate of drug-likeness (QED) is 0.351. The lowest BCUT2D eigenvalue weighted by atomic mass is 9.89. The summed E-state index contributed by atoms with van der Waals surface area (Å²) in [6.07, 6.45) is 8.60. The molecule has 2 aromatic rings. The second-order valence-corrected chi connectivity index (χ2v) is 13.3. The highest BCUT2D eigenvalue weighted by atomic mass is 32.2. The Labute approximate surface area is 242 Å². The topological polar surface area (TPSA) is 92.3 Å². The molecule has 7 heterocycles. The van der Waals surface area contributed by atoms with Crippen LogP contribution < -0.4 is 19.8 Å². The van der Waals surface area contributed by atoms with Crippen LogP contribution in [0.15, 0.2) is 35.4 Å². The van der Waals surface area contributed by atoms with Crippen LogP contribution in [0.3, 0.4) is 0 Å². The number of ether oxygens (including phenoxy) is 1. The van der Waals surface area contributed by atoms with Crippen LogP contribution in [0.2, 0.25) is 0 Å². The van der Waals surface area contributed by atoms with Crippen molar-refractivity contribution in [1.82, 2.24) is 19.6 Å². The standard InChI is InChI=1S/C30H43N7O2S/c1-3-30(2)17-20-9-4-6-15-31-23-11-8-12-25(32-23)40-34-28-26(39-28)22-13-14-24(33-27(22)37(30)18-20)36-19-21-10-5-7-16-35(21)29(36)38/h8,11-14,20-21,26,28-29,34,38H,3-7,9-10,15-19H2,1-2H3,(H,31,32)/t20-,21?,26?,28?,29?,30?/m0/s1. The summed E-state index contributed by atoms with van der Waals surface area (Å²) in [5, 5.41) is 15.7. The van der Waals surface area contributed by atoms with Gasteiger partial charge in [-0.25, -0.2) is 14.7 Å². The van der Waals surface area contributed by atoms with Crippen molar-refractivity contribution in [3.63, 3.8) is 0 Å². The minimum atomic E-state index is -0.602. The van der Waals surface area contributed by atoms with Gasteiger partial charge in [0.2, 0.25) is 0 Å². The number of aromatic nitrogens is 2. The molecule has 10 heteroatoms.